The van der Waals surface area contributed by atoms with Crippen LogP contribution in [-0.4, -0.2) is 46.1 Å². The first-order chi connectivity index (χ1) is 9.88. The molecule has 4 rings (SSSR count). The van der Waals surface area contributed by atoms with E-state index in [1.807, 2.05) is 0 Å². The number of hydrogen-bond acceptors (Lipinski definition) is 0. The fourth-order valence-corrected chi connectivity index (χ4v) is 3.01. The van der Waals surface area contributed by atoms with Crippen molar-refractivity contribution in [3.8, 4) is 0 Å². The van der Waals surface area contributed by atoms with Gasteiger partial charge in [0.15, 0.2) is 0 Å². The van der Waals surface area contributed by atoms with E-state index in [1.165, 1.54) is 32.7 Å². The summed E-state index contributed by atoms with van der Waals surface area (Å²) in [6, 6.07) is 26.5. The third kappa shape index (κ3) is 5.32. The van der Waals surface area contributed by atoms with Crippen molar-refractivity contribution in [1.29, 1.82) is 0 Å². The van der Waals surface area contributed by atoms with E-state index in [-0.39, 0.29) is 80.1 Å². The second kappa shape index (κ2) is 11.0. The average molecular weight is 465 g/mol. The third-order valence-corrected chi connectivity index (χ3v) is 4.06. The van der Waals surface area contributed by atoms with Crippen LogP contribution in [0.5, 0.6) is 0 Å². The van der Waals surface area contributed by atoms with E-state index in [9.17, 15) is 0 Å². The van der Waals surface area contributed by atoms with Gasteiger partial charge >= 0.3 is 46.1 Å². The van der Waals surface area contributed by atoms with Crippen molar-refractivity contribution in [2.24, 2.45) is 0 Å². The van der Waals surface area contributed by atoms with Crippen LogP contribution in [0, 0.1) is 0 Å². The molecule has 0 atom stereocenters. The van der Waals surface area contributed by atoms with E-state index in [1.54, 1.807) is 0 Å². The summed E-state index contributed by atoms with van der Waals surface area (Å²) in [7, 11) is 0. The van der Waals surface area contributed by atoms with E-state index in [0.717, 1.165) is 12.8 Å². The van der Waals surface area contributed by atoms with Gasteiger partial charge in [0.2, 0.25) is 0 Å². The maximum atomic E-state index is 2.32. The van der Waals surface area contributed by atoms with E-state index in [4.69, 9.17) is 0 Å². The summed E-state index contributed by atoms with van der Waals surface area (Å²) in [4.78, 5) is 0. The van der Waals surface area contributed by atoms with E-state index in [2.05, 4.69) is 72.8 Å². The topological polar surface area (TPSA) is 0 Å². The maximum Gasteiger partial charge on any atom is 2.00 e. The average Bonchev–Trinajstić information content (AvgIpc) is 3.07. The van der Waals surface area contributed by atoms with Crippen molar-refractivity contribution in [2.45, 2.75) is 12.8 Å². The second-order valence-corrected chi connectivity index (χ2v) is 5.49. The molecule has 0 aromatic heterocycles. The van der Waals surface area contributed by atoms with Gasteiger partial charge in [-0.2, -0.15) is 12.1 Å². The van der Waals surface area contributed by atoms with Crippen molar-refractivity contribution in [1.82, 2.24) is 0 Å². The first-order valence-corrected chi connectivity index (χ1v) is 7.17. The molecule has 0 spiro atoms. The molecular weight excluding hydrogens is 449 g/mol. The molecule has 0 aliphatic rings. The molecule has 24 heavy (non-hydrogen) atoms. The van der Waals surface area contributed by atoms with Crippen molar-refractivity contribution >= 4 is 67.7 Å². The number of benzene rings is 2. The van der Waals surface area contributed by atoms with E-state index < -0.39 is 0 Å². The smallest absolute Gasteiger partial charge is 1.00 e. The van der Waals surface area contributed by atoms with Crippen LogP contribution in [0.2, 0.25) is 0 Å². The molecule has 0 saturated carbocycles. The van der Waals surface area contributed by atoms with Crippen molar-refractivity contribution < 1.29 is 34.0 Å². The Morgan fingerprint density at radius 1 is 0.583 bits per heavy atom. The van der Waals surface area contributed by atoms with Crippen LogP contribution in [0.15, 0.2) is 72.8 Å². The number of aryl methyl sites for hydroxylation is 2. The minimum atomic E-state index is 0. The quantitative estimate of drug-likeness (QED) is 0.255. The first-order valence-electron chi connectivity index (χ1n) is 7.17. The van der Waals surface area contributed by atoms with Gasteiger partial charge in [-0.05, 0) is 12.8 Å². The molecule has 0 heterocycles. The molecular formula is C20H16Br2Mg2. The molecule has 0 amide bonds. The van der Waals surface area contributed by atoms with Gasteiger partial charge in [-0.25, -0.2) is 0 Å². The Labute approximate surface area is 196 Å². The number of halogens is 2. The van der Waals surface area contributed by atoms with Crippen LogP contribution < -0.4 is 34.0 Å². The van der Waals surface area contributed by atoms with Gasteiger partial charge < -0.3 is 34.0 Å². The van der Waals surface area contributed by atoms with Crippen LogP contribution >= 0.6 is 0 Å². The van der Waals surface area contributed by atoms with Crippen LogP contribution in [0.3, 0.4) is 0 Å². The second-order valence-electron chi connectivity index (χ2n) is 5.49. The molecule has 0 radical (unpaired) electrons. The van der Waals surface area contributed by atoms with Crippen molar-refractivity contribution in [3.05, 3.63) is 83.9 Å². The molecule has 0 saturated heterocycles. The summed E-state index contributed by atoms with van der Waals surface area (Å²) in [5, 5.41) is 5.43. The predicted octanol–water partition coefficient (Wildman–Crippen LogP) is -1.54. The van der Waals surface area contributed by atoms with E-state index in [0.29, 0.717) is 0 Å². The molecule has 0 fully saturated rings. The minimum absolute atomic E-state index is 0. The Morgan fingerprint density at radius 2 is 0.958 bits per heavy atom. The predicted molar refractivity (Wildman–Crippen MR) is 98.0 cm³/mol. The molecule has 114 valence electrons. The molecule has 0 unspecified atom stereocenters. The molecule has 0 aliphatic carbocycles. The van der Waals surface area contributed by atoms with Crippen LogP contribution in [0.4, 0.5) is 0 Å². The van der Waals surface area contributed by atoms with Gasteiger partial charge in [-0.15, -0.1) is 81.2 Å². The Morgan fingerprint density at radius 3 is 1.33 bits per heavy atom. The van der Waals surface area contributed by atoms with Crippen LogP contribution in [0.25, 0.3) is 21.5 Å². The molecule has 0 aliphatic heterocycles. The van der Waals surface area contributed by atoms with Crippen molar-refractivity contribution in [3.63, 3.8) is 0 Å². The summed E-state index contributed by atoms with van der Waals surface area (Å²) in [5.74, 6) is 0. The Bertz CT molecular complexity index is 737. The first kappa shape index (κ1) is 24.2. The SMILES string of the molecule is [Br-].[Br-].[Mg+2].[Mg+2].c1ccc2[cH-]c(CCc3cc4ccccc4[cH-]3)cc2c1. The fraction of sp³-hybridized carbons (Fsp3) is 0.100. The largest absolute Gasteiger partial charge is 2.00 e. The molecule has 4 aromatic carbocycles. The van der Waals surface area contributed by atoms with E-state index >= 15 is 0 Å². The summed E-state index contributed by atoms with van der Waals surface area (Å²) in [6.07, 6.45) is 2.23. The molecule has 0 bridgehead atoms. The summed E-state index contributed by atoms with van der Waals surface area (Å²) in [5.41, 5.74) is 2.88. The van der Waals surface area contributed by atoms with Crippen LogP contribution in [-0.2, 0) is 12.8 Å². The summed E-state index contributed by atoms with van der Waals surface area (Å²) >= 11 is 0. The summed E-state index contributed by atoms with van der Waals surface area (Å²) in [6.45, 7) is 0. The zero-order valence-corrected chi connectivity index (χ0v) is 19.5. The Hall–Kier alpha value is 0.152. The van der Waals surface area contributed by atoms with Gasteiger partial charge in [0, 0.05) is 0 Å². The Balaban J connectivity index is 0.00000132. The van der Waals surface area contributed by atoms with Gasteiger partial charge in [-0.3, -0.25) is 0 Å². The monoisotopic (exact) mass is 462 g/mol. The molecule has 4 heteroatoms. The maximum absolute atomic E-state index is 2.32. The zero-order chi connectivity index (χ0) is 13.4. The van der Waals surface area contributed by atoms with Gasteiger partial charge in [0.25, 0.3) is 0 Å². The number of rotatable bonds is 3. The number of fused-ring (bicyclic) bond motifs is 2. The summed E-state index contributed by atoms with van der Waals surface area (Å²) < 4.78 is 0. The molecule has 0 N–H and O–H groups in total. The van der Waals surface area contributed by atoms with Gasteiger partial charge in [0.1, 0.15) is 0 Å². The molecule has 4 aromatic rings. The Kier molecular flexibility index (Phi) is 11.1. The normalized spacial score (nSPS) is 9.50. The van der Waals surface area contributed by atoms with Gasteiger partial charge in [-0.1, -0.05) is 12.1 Å². The minimum Gasteiger partial charge on any atom is -1.00 e. The number of hydrogen-bond donors (Lipinski definition) is 0. The zero-order valence-electron chi connectivity index (χ0n) is 13.5. The van der Waals surface area contributed by atoms with Gasteiger partial charge in [0.05, 0.1) is 0 Å². The van der Waals surface area contributed by atoms with Crippen LogP contribution in [0.1, 0.15) is 11.1 Å². The molecule has 0 nitrogen and oxygen atoms in total. The standard InChI is InChI=1S/C20H16.2BrH.2Mg/c1-2-6-18-12-15(11-17(18)5-1)9-10-16-13-19-7-3-4-8-20(19)14-16;;;;/h1-8,11-14H,9-10H2;2*1H;;/q-2;;;2*+2/p-2. The van der Waals surface area contributed by atoms with Crippen molar-refractivity contribution in [2.75, 3.05) is 0 Å². The fourth-order valence-electron chi connectivity index (χ4n) is 3.01. The third-order valence-electron chi connectivity index (χ3n) is 4.06.